The molecule has 0 spiro atoms. The van der Waals surface area contributed by atoms with Crippen LogP contribution in [0, 0.1) is 0 Å². The van der Waals surface area contributed by atoms with Crippen LogP contribution in [-0.2, 0) is 7.05 Å². The minimum atomic E-state index is 0.711. The summed E-state index contributed by atoms with van der Waals surface area (Å²) in [6.45, 7) is 0. The Hall–Kier alpha value is -6.53. The molecular weight excluding hydrogens is 590 g/mol. The predicted octanol–water partition coefficient (Wildman–Crippen LogP) is 9.34. The minimum Gasteiger partial charge on any atom is -0.457 e. The van der Waals surface area contributed by atoms with Crippen molar-refractivity contribution in [1.82, 2.24) is 19.3 Å². The van der Waals surface area contributed by atoms with E-state index in [1.807, 2.05) is 114 Å². The van der Waals surface area contributed by atoms with Crippen LogP contribution in [0.2, 0.25) is 0 Å². The zero-order valence-corrected chi connectivity index (χ0v) is 26.4. The fourth-order valence-corrected chi connectivity index (χ4v) is 6.03. The van der Waals surface area contributed by atoms with E-state index in [0.29, 0.717) is 5.75 Å². The highest BCUT2D eigenvalue weighted by atomic mass is 16.5. The molecule has 0 unspecified atom stereocenters. The second kappa shape index (κ2) is 12.7. The van der Waals surface area contributed by atoms with Gasteiger partial charge in [0.05, 0.1) is 22.0 Å². The Balaban J connectivity index is 1.13. The van der Waals surface area contributed by atoms with Crippen LogP contribution < -0.4 is 9.30 Å². The molecule has 6 nitrogen and oxygen atoms in total. The Bertz CT molecular complexity index is 2250. The first-order valence-corrected chi connectivity index (χ1v) is 15.9. The molecule has 0 aliphatic rings. The highest BCUT2D eigenvalue weighted by molar-refractivity contribution is 5.82. The molecule has 0 aliphatic carbocycles. The van der Waals surface area contributed by atoms with Crippen LogP contribution in [0.5, 0.6) is 11.5 Å². The summed E-state index contributed by atoms with van der Waals surface area (Å²) in [5.41, 5.74) is 8.12. The van der Waals surface area contributed by atoms with Gasteiger partial charge in [0, 0.05) is 29.8 Å². The highest BCUT2D eigenvalue weighted by Gasteiger charge is 2.22. The summed E-state index contributed by atoms with van der Waals surface area (Å²) in [5, 5.41) is 5.01. The molecule has 0 fully saturated rings. The summed E-state index contributed by atoms with van der Waals surface area (Å²) in [4.78, 5) is 5.18. The number of benzene rings is 6. The fourth-order valence-electron chi connectivity index (χ4n) is 6.03. The highest BCUT2D eigenvalue weighted by Crippen LogP contribution is 2.36. The van der Waals surface area contributed by atoms with Crippen molar-refractivity contribution >= 4 is 0 Å². The quantitative estimate of drug-likeness (QED) is 0.159. The van der Waals surface area contributed by atoms with Gasteiger partial charge in [-0.3, -0.25) is 0 Å². The molecule has 0 radical (unpaired) electrons. The molecule has 2 aromatic heterocycles. The van der Waals surface area contributed by atoms with Crippen molar-refractivity contribution in [2.45, 2.75) is 0 Å². The van der Waals surface area contributed by atoms with Crippen LogP contribution in [0.3, 0.4) is 0 Å². The molecule has 6 aromatic carbocycles. The average Bonchev–Trinajstić information content (AvgIpc) is 3.76. The van der Waals surface area contributed by atoms with Gasteiger partial charge in [-0.15, -0.1) is 0 Å². The van der Waals surface area contributed by atoms with E-state index in [4.69, 9.17) is 14.8 Å². The molecule has 0 N–H and O–H groups in total. The third-order valence-electron chi connectivity index (χ3n) is 8.32. The molecule has 230 valence electrons. The minimum absolute atomic E-state index is 0.711. The van der Waals surface area contributed by atoms with Crippen molar-refractivity contribution in [3.8, 4) is 68.2 Å². The lowest BCUT2D eigenvalue weighted by Crippen LogP contribution is -2.30. The number of hydrogen-bond acceptors (Lipinski definition) is 3. The Morgan fingerprint density at radius 2 is 1.10 bits per heavy atom. The van der Waals surface area contributed by atoms with Crippen molar-refractivity contribution < 1.29 is 9.30 Å². The molecule has 0 bridgehead atoms. The Morgan fingerprint density at radius 1 is 0.542 bits per heavy atom. The van der Waals surface area contributed by atoms with Gasteiger partial charge in [0.25, 0.3) is 0 Å². The molecular formula is C42H32N5O+. The number of rotatable bonds is 8. The SMILES string of the molecule is Cn1c(-c2cccc(Oc3cccc(-n4c[n+](-c5ccccc5)c(-c5ccccc5)n4)c3)c2)nc(-c2ccccc2)c1-c1ccccc1. The molecule has 0 amide bonds. The molecule has 2 heterocycles. The number of imidazole rings is 1. The standard InChI is InChI=1S/C42H32N5O/c1-45-40(32-18-8-3-9-19-32)39(31-16-6-2-7-17-31)43-41(45)34-22-14-26-37(28-34)48-38-27-15-25-36(29-38)47-30-46(35-23-12-5-13-24-35)42(44-47)33-20-10-4-11-21-33/h2-30H,1H3/q+1. The van der Waals surface area contributed by atoms with Gasteiger partial charge in [-0.1, -0.05) is 120 Å². The van der Waals surface area contributed by atoms with Crippen LogP contribution in [0.15, 0.2) is 176 Å². The maximum atomic E-state index is 6.47. The molecule has 0 saturated carbocycles. The first-order chi connectivity index (χ1) is 23.7. The van der Waals surface area contributed by atoms with E-state index in [0.717, 1.165) is 62.4 Å². The van der Waals surface area contributed by atoms with Gasteiger partial charge < -0.3 is 9.30 Å². The van der Waals surface area contributed by atoms with E-state index in [1.54, 1.807) is 0 Å². The number of hydrogen-bond donors (Lipinski definition) is 0. The summed E-state index contributed by atoms with van der Waals surface area (Å²) >= 11 is 0. The average molecular weight is 623 g/mol. The van der Waals surface area contributed by atoms with Gasteiger partial charge in [-0.2, -0.15) is 4.57 Å². The second-order valence-electron chi connectivity index (χ2n) is 11.5. The maximum absolute atomic E-state index is 6.47. The number of aromatic nitrogens is 5. The lowest BCUT2D eigenvalue weighted by Gasteiger charge is -2.10. The van der Waals surface area contributed by atoms with Gasteiger partial charge in [0.1, 0.15) is 28.7 Å². The maximum Gasteiger partial charge on any atom is 0.314 e. The smallest absolute Gasteiger partial charge is 0.314 e. The van der Waals surface area contributed by atoms with Crippen LogP contribution >= 0.6 is 0 Å². The van der Waals surface area contributed by atoms with E-state index in [1.165, 1.54) is 0 Å². The van der Waals surface area contributed by atoms with E-state index in [2.05, 4.69) is 82.9 Å². The van der Waals surface area contributed by atoms with Gasteiger partial charge >= 0.3 is 5.82 Å². The summed E-state index contributed by atoms with van der Waals surface area (Å²) in [5.74, 6) is 3.14. The summed E-state index contributed by atoms with van der Waals surface area (Å²) < 4.78 is 12.6. The molecule has 6 heteroatoms. The predicted molar refractivity (Wildman–Crippen MR) is 190 cm³/mol. The first-order valence-electron chi connectivity index (χ1n) is 15.9. The Kier molecular flexibility index (Phi) is 7.65. The van der Waals surface area contributed by atoms with Crippen molar-refractivity contribution in [3.63, 3.8) is 0 Å². The van der Waals surface area contributed by atoms with Gasteiger partial charge in [-0.25, -0.2) is 4.98 Å². The van der Waals surface area contributed by atoms with Crippen molar-refractivity contribution in [1.29, 1.82) is 0 Å². The number of nitrogens with zero attached hydrogens (tertiary/aromatic N) is 5. The zero-order chi connectivity index (χ0) is 32.3. The molecule has 0 atom stereocenters. The number of ether oxygens (including phenoxy) is 1. The normalized spacial score (nSPS) is 11.0. The third-order valence-corrected chi connectivity index (χ3v) is 8.32. The Labute approximate surface area is 279 Å². The topological polar surface area (TPSA) is 48.8 Å². The van der Waals surface area contributed by atoms with E-state index < -0.39 is 0 Å². The summed E-state index contributed by atoms with van der Waals surface area (Å²) in [6.07, 6.45) is 2.01. The first kappa shape index (κ1) is 28.9. The van der Waals surface area contributed by atoms with Crippen LogP contribution in [0.4, 0.5) is 0 Å². The van der Waals surface area contributed by atoms with Crippen molar-refractivity contribution in [2.75, 3.05) is 0 Å². The van der Waals surface area contributed by atoms with Crippen LogP contribution in [0.1, 0.15) is 0 Å². The third kappa shape index (κ3) is 5.67. The molecule has 48 heavy (non-hydrogen) atoms. The van der Waals surface area contributed by atoms with Crippen molar-refractivity contribution in [3.05, 3.63) is 176 Å². The van der Waals surface area contributed by atoms with Crippen LogP contribution in [0.25, 0.3) is 56.7 Å². The molecule has 0 saturated heterocycles. The Morgan fingerprint density at radius 3 is 1.79 bits per heavy atom. The molecule has 8 aromatic rings. The summed E-state index contributed by atoms with van der Waals surface area (Å²) in [6, 6.07) is 57.3. The van der Waals surface area contributed by atoms with E-state index in [9.17, 15) is 0 Å². The van der Waals surface area contributed by atoms with Crippen LogP contribution in [-0.4, -0.2) is 19.3 Å². The lowest BCUT2D eigenvalue weighted by molar-refractivity contribution is -0.584. The molecule has 8 rings (SSSR count). The number of para-hydroxylation sites is 1. The fraction of sp³-hybridized carbons (Fsp3) is 0.0238. The largest absolute Gasteiger partial charge is 0.457 e. The van der Waals surface area contributed by atoms with Gasteiger partial charge in [-0.05, 0) is 48.5 Å². The van der Waals surface area contributed by atoms with E-state index in [-0.39, 0.29) is 0 Å². The van der Waals surface area contributed by atoms with Gasteiger partial charge in [0.2, 0.25) is 6.33 Å². The van der Waals surface area contributed by atoms with Gasteiger partial charge in [0.15, 0.2) is 0 Å². The van der Waals surface area contributed by atoms with Crippen molar-refractivity contribution in [2.24, 2.45) is 7.05 Å². The van der Waals surface area contributed by atoms with E-state index >= 15 is 0 Å². The monoisotopic (exact) mass is 622 g/mol. The lowest BCUT2D eigenvalue weighted by atomic mass is 10.1. The summed E-state index contributed by atoms with van der Waals surface area (Å²) in [7, 11) is 2.07. The second-order valence-corrected chi connectivity index (χ2v) is 11.5. The zero-order valence-electron chi connectivity index (χ0n) is 26.4. The molecule has 0 aliphatic heterocycles.